The second-order valence-corrected chi connectivity index (χ2v) is 5.57. The van der Waals surface area contributed by atoms with E-state index in [1.807, 2.05) is 31.3 Å². The van der Waals surface area contributed by atoms with Crippen LogP contribution in [0.4, 0.5) is 0 Å². The van der Waals surface area contributed by atoms with Gasteiger partial charge < -0.3 is 20.4 Å². The number of hydrogen-bond donors (Lipinski definition) is 3. The van der Waals surface area contributed by atoms with Crippen molar-refractivity contribution in [2.45, 2.75) is 20.3 Å². The molecular formula is C17H26ClIN4O. The SMILES string of the molecule is CCNC(=NCCOCC)NCCc1c[nH]c2ccc(Cl)cc12.I. The Labute approximate surface area is 165 Å². The fourth-order valence-corrected chi connectivity index (χ4v) is 2.55. The molecule has 0 aliphatic rings. The number of guanidine groups is 1. The summed E-state index contributed by atoms with van der Waals surface area (Å²) in [7, 11) is 0. The summed E-state index contributed by atoms with van der Waals surface area (Å²) >= 11 is 6.09. The minimum atomic E-state index is 0. The number of ether oxygens (including phenoxy) is 1. The van der Waals surface area contributed by atoms with Crippen LogP contribution in [0.1, 0.15) is 19.4 Å². The molecular weight excluding hydrogens is 439 g/mol. The van der Waals surface area contributed by atoms with E-state index in [0.717, 1.165) is 42.6 Å². The Hall–Kier alpha value is -0.990. The first kappa shape index (κ1) is 21.1. The van der Waals surface area contributed by atoms with Gasteiger partial charge in [0, 0.05) is 41.8 Å². The molecule has 0 fully saturated rings. The van der Waals surface area contributed by atoms with E-state index in [9.17, 15) is 0 Å². The summed E-state index contributed by atoms with van der Waals surface area (Å²) in [5.74, 6) is 0.824. The van der Waals surface area contributed by atoms with Crippen molar-refractivity contribution < 1.29 is 4.74 Å². The average molecular weight is 465 g/mol. The molecule has 0 unspecified atom stereocenters. The molecule has 2 aromatic rings. The highest BCUT2D eigenvalue weighted by atomic mass is 127. The minimum absolute atomic E-state index is 0. The zero-order valence-corrected chi connectivity index (χ0v) is 17.3. The first-order chi connectivity index (χ1) is 11.2. The van der Waals surface area contributed by atoms with E-state index in [-0.39, 0.29) is 24.0 Å². The number of nitrogens with one attached hydrogen (secondary N) is 3. The highest BCUT2D eigenvalue weighted by Crippen LogP contribution is 2.22. The largest absolute Gasteiger partial charge is 0.380 e. The maximum absolute atomic E-state index is 6.09. The lowest BCUT2D eigenvalue weighted by Gasteiger charge is -2.11. The molecule has 1 aromatic heterocycles. The minimum Gasteiger partial charge on any atom is -0.380 e. The number of aliphatic imine (C=N–C) groups is 1. The number of fused-ring (bicyclic) bond motifs is 1. The Morgan fingerprint density at radius 3 is 2.88 bits per heavy atom. The van der Waals surface area contributed by atoms with Crippen LogP contribution in [0.15, 0.2) is 29.4 Å². The second-order valence-electron chi connectivity index (χ2n) is 5.14. The van der Waals surface area contributed by atoms with E-state index in [1.165, 1.54) is 10.9 Å². The number of nitrogens with zero attached hydrogens (tertiary/aromatic N) is 1. The van der Waals surface area contributed by atoms with Crippen molar-refractivity contribution in [3.05, 3.63) is 35.0 Å². The highest BCUT2D eigenvalue weighted by molar-refractivity contribution is 14.0. The van der Waals surface area contributed by atoms with Gasteiger partial charge in [0.15, 0.2) is 5.96 Å². The molecule has 0 saturated heterocycles. The summed E-state index contributed by atoms with van der Waals surface area (Å²) in [6, 6.07) is 5.91. The van der Waals surface area contributed by atoms with Gasteiger partial charge in [-0.2, -0.15) is 0 Å². The molecule has 0 radical (unpaired) electrons. The molecule has 1 heterocycles. The highest BCUT2D eigenvalue weighted by Gasteiger charge is 2.05. The smallest absolute Gasteiger partial charge is 0.191 e. The van der Waals surface area contributed by atoms with Crippen LogP contribution < -0.4 is 10.6 Å². The molecule has 1 aromatic carbocycles. The Balaban J connectivity index is 0.00000288. The Morgan fingerprint density at radius 1 is 1.29 bits per heavy atom. The van der Waals surface area contributed by atoms with E-state index < -0.39 is 0 Å². The molecule has 0 saturated carbocycles. The van der Waals surface area contributed by atoms with Crippen molar-refractivity contribution in [3.63, 3.8) is 0 Å². The van der Waals surface area contributed by atoms with Gasteiger partial charge >= 0.3 is 0 Å². The summed E-state index contributed by atoms with van der Waals surface area (Å²) in [5.41, 5.74) is 2.36. The maximum Gasteiger partial charge on any atom is 0.191 e. The van der Waals surface area contributed by atoms with Crippen LogP contribution in [-0.2, 0) is 11.2 Å². The van der Waals surface area contributed by atoms with Crippen LogP contribution in [0.2, 0.25) is 5.02 Å². The van der Waals surface area contributed by atoms with Crippen LogP contribution in [0.5, 0.6) is 0 Å². The summed E-state index contributed by atoms with van der Waals surface area (Å²) in [6.07, 6.45) is 2.94. The van der Waals surface area contributed by atoms with E-state index in [4.69, 9.17) is 16.3 Å². The van der Waals surface area contributed by atoms with Gasteiger partial charge in [0.1, 0.15) is 0 Å². The third kappa shape index (κ3) is 6.49. The van der Waals surface area contributed by atoms with Crippen molar-refractivity contribution in [1.29, 1.82) is 0 Å². The quantitative estimate of drug-likeness (QED) is 0.242. The predicted octanol–water partition coefficient (Wildman–Crippen LogP) is 3.57. The molecule has 0 aliphatic heterocycles. The van der Waals surface area contributed by atoms with Gasteiger partial charge in [-0.15, -0.1) is 24.0 Å². The van der Waals surface area contributed by atoms with Crippen LogP contribution in [0, 0.1) is 0 Å². The third-order valence-electron chi connectivity index (χ3n) is 3.47. The molecule has 0 bridgehead atoms. The molecule has 5 nitrogen and oxygen atoms in total. The van der Waals surface area contributed by atoms with Crippen molar-refractivity contribution in [2.75, 3.05) is 32.8 Å². The topological polar surface area (TPSA) is 61.4 Å². The van der Waals surface area contributed by atoms with Gasteiger partial charge in [0.25, 0.3) is 0 Å². The van der Waals surface area contributed by atoms with Crippen molar-refractivity contribution in [2.24, 2.45) is 4.99 Å². The zero-order valence-electron chi connectivity index (χ0n) is 14.2. The standard InChI is InChI=1S/C17H25ClN4O.HI/c1-3-19-17(21-9-10-23-4-2)20-8-7-13-12-22-16-6-5-14(18)11-15(13)16;/h5-6,11-12,22H,3-4,7-10H2,1-2H3,(H2,19,20,21);1H. The molecule has 0 spiro atoms. The molecule has 0 amide bonds. The summed E-state index contributed by atoms with van der Waals surface area (Å²) < 4.78 is 5.31. The first-order valence-corrected chi connectivity index (χ1v) is 8.47. The van der Waals surface area contributed by atoms with Crippen molar-refractivity contribution in [3.8, 4) is 0 Å². The van der Waals surface area contributed by atoms with E-state index >= 15 is 0 Å². The third-order valence-corrected chi connectivity index (χ3v) is 3.71. The number of rotatable bonds is 8. The summed E-state index contributed by atoms with van der Waals surface area (Å²) in [6.45, 7) is 7.72. The van der Waals surface area contributed by atoms with Gasteiger partial charge in [-0.3, -0.25) is 4.99 Å². The molecule has 7 heteroatoms. The van der Waals surface area contributed by atoms with Gasteiger partial charge in [-0.05, 0) is 44.0 Å². The number of H-pyrrole nitrogens is 1. The molecule has 134 valence electrons. The Kier molecular flexibility index (Phi) is 10.1. The second kappa shape index (κ2) is 11.5. The Morgan fingerprint density at radius 2 is 2.12 bits per heavy atom. The lowest BCUT2D eigenvalue weighted by atomic mass is 10.1. The van der Waals surface area contributed by atoms with Crippen LogP contribution in [0.25, 0.3) is 10.9 Å². The normalized spacial score (nSPS) is 11.4. The molecule has 0 atom stereocenters. The molecule has 0 aliphatic carbocycles. The number of halogens is 2. The van der Waals surface area contributed by atoms with E-state index in [1.54, 1.807) is 0 Å². The number of aromatic amines is 1. The van der Waals surface area contributed by atoms with Crippen LogP contribution >= 0.6 is 35.6 Å². The van der Waals surface area contributed by atoms with E-state index in [2.05, 4.69) is 27.5 Å². The molecule has 24 heavy (non-hydrogen) atoms. The van der Waals surface area contributed by atoms with Crippen LogP contribution in [-0.4, -0.2) is 43.8 Å². The fraction of sp³-hybridized carbons (Fsp3) is 0.471. The molecule has 2 rings (SSSR count). The van der Waals surface area contributed by atoms with E-state index in [0.29, 0.717) is 13.2 Å². The monoisotopic (exact) mass is 464 g/mol. The fourth-order valence-electron chi connectivity index (χ4n) is 2.38. The average Bonchev–Trinajstić information content (AvgIpc) is 2.94. The number of benzene rings is 1. The summed E-state index contributed by atoms with van der Waals surface area (Å²) in [4.78, 5) is 7.76. The van der Waals surface area contributed by atoms with Crippen LogP contribution in [0.3, 0.4) is 0 Å². The lowest BCUT2D eigenvalue weighted by Crippen LogP contribution is -2.38. The van der Waals surface area contributed by atoms with Gasteiger partial charge in [-0.25, -0.2) is 0 Å². The summed E-state index contributed by atoms with van der Waals surface area (Å²) in [5, 5.41) is 8.53. The van der Waals surface area contributed by atoms with Gasteiger partial charge in [0.2, 0.25) is 0 Å². The number of aromatic nitrogens is 1. The zero-order chi connectivity index (χ0) is 16.5. The Bertz CT molecular complexity index is 645. The van der Waals surface area contributed by atoms with Crippen molar-refractivity contribution in [1.82, 2.24) is 15.6 Å². The number of hydrogen-bond acceptors (Lipinski definition) is 2. The lowest BCUT2D eigenvalue weighted by molar-refractivity contribution is 0.155. The van der Waals surface area contributed by atoms with Gasteiger partial charge in [0.05, 0.1) is 13.2 Å². The maximum atomic E-state index is 6.09. The first-order valence-electron chi connectivity index (χ1n) is 8.10. The predicted molar refractivity (Wildman–Crippen MR) is 113 cm³/mol. The van der Waals surface area contributed by atoms with Gasteiger partial charge in [-0.1, -0.05) is 11.6 Å². The van der Waals surface area contributed by atoms with Crippen molar-refractivity contribution >= 4 is 52.4 Å². The molecule has 3 N–H and O–H groups in total.